The molecule has 0 spiro atoms. The van der Waals surface area contributed by atoms with Crippen LogP contribution in [0.15, 0.2) is 12.1 Å². The molecule has 0 amide bonds. The molecule has 0 aliphatic rings. The Kier molecular flexibility index (Phi) is 3.32. The molecule has 0 atom stereocenters. The molecule has 90 valence electrons. The van der Waals surface area contributed by atoms with Crippen molar-refractivity contribution in [2.45, 2.75) is 13.8 Å². The number of ether oxygens (including phenoxy) is 1. The van der Waals surface area contributed by atoms with Gasteiger partial charge in [-0.15, -0.1) is 0 Å². The second-order valence-electron chi connectivity index (χ2n) is 3.43. The van der Waals surface area contributed by atoms with E-state index in [4.69, 9.17) is 4.74 Å². The molecule has 2 aromatic heterocycles. The van der Waals surface area contributed by atoms with Gasteiger partial charge in [-0.25, -0.2) is 9.78 Å². The highest BCUT2D eigenvalue weighted by Gasteiger charge is 2.20. The monoisotopic (exact) mass is 348 g/mol. The molecule has 0 N–H and O–H groups in total. The molecule has 0 aliphatic carbocycles. The van der Waals surface area contributed by atoms with Crippen LogP contribution in [0, 0.1) is 16.4 Å². The number of hydrogen-bond donors (Lipinski definition) is 0. The maximum absolute atomic E-state index is 14.0. The predicted molar refractivity (Wildman–Crippen MR) is 68.6 cm³/mol. The third-order valence-corrected chi connectivity index (χ3v) is 3.12. The van der Waals surface area contributed by atoms with Crippen molar-refractivity contribution in [3.63, 3.8) is 0 Å². The van der Waals surface area contributed by atoms with E-state index in [1.165, 1.54) is 4.40 Å². The molecule has 2 aromatic rings. The Morgan fingerprint density at radius 3 is 2.94 bits per heavy atom. The minimum absolute atomic E-state index is 0.151. The van der Waals surface area contributed by atoms with Gasteiger partial charge >= 0.3 is 5.97 Å². The largest absolute Gasteiger partial charge is 0.461 e. The first kappa shape index (κ1) is 12.3. The normalized spacial score (nSPS) is 10.8. The molecule has 0 saturated heterocycles. The van der Waals surface area contributed by atoms with Gasteiger partial charge in [-0.2, -0.15) is 4.39 Å². The molecule has 6 heteroatoms. The number of hydrogen-bond acceptors (Lipinski definition) is 3. The van der Waals surface area contributed by atoms with Gasteiger partial charge < -0.3 is 4.74 Å². The minimum Gasteiger partial charge on any atom is -0.461 e. The summed E-state index contributed by atoms with van der Waals surface area (Å²) in [5, 5.41) is 0. The van der Waals surface area contributed by atoms with Crippen molar-refractivity contribution in [3.05, 3.63) is 33.0 Å². The smallest absolute Gasteiger partial charge is 0.357 e. The summed E-state index contributed by atoms with van der Waals surface area (Å²) in [6, 6.07) is 3.28. The Morgan fingerprint density at radius 1 is 1.59 bits per heavy atom. The fourth-order valence-electron chi connectivity index (χ4n) is 1.62. The highest BCUT2D eigenvalue weighted by atomic mass is 127. The van der Waals surface area contributed by atoms with Gasteiger partial charge in [0.2, 0.25) is 5.95 Å². The number of nitrogens with zero attached hydrogens (tertiary/aromatic N) is 2. The number of carbonyl (C=O) groups excluding carboxylic acids is 1. The van der Waals surface area contributed by atoms with E-state index in [1.54, 1.807) is 26.0 Å². The van der Waals surface area contributed by atoms with Gasteiger partial charge in [0.1, 0.15) is 5.65 Å². The molecule has 2 rings (SSSR count). The molecule has 0 bridgehead atoms. The number of rotatable bonds is 2. The number of esters is 1. The molecule has 0 aliphatic heterocycles. The fourth-order valence-corrected chi connectivity index (χ4v) is 2.04. The van der Waals surface area contributed by atoms with Gasteiger partial charge in [0, 0.05) is 0 Å². The maximum atomic E-state index is 14.0. The average Bonchev–Trinajstić information content (AvgIpc) is 2.61. The standard InChI is InChI=1S/C11H10FIN2O2/c1-3-17-11(16)9-6(2)14-8-5-4-7(13)10(12)15(8)9/h4-5H,3H2,1-2H3. The lowest BCUT2D eigenvalue weighted by Gasteiger charge is -2.04. The first-order valence-corrected chi connectivity index (χ1v) is 6.14. The summed E-state index contributed by atoms with van der Waals surface area (Å²) in [7, 11) is 0. The summed E-state index contributed by atoms with van der Waals surface area (Å²) in [4.78, 5) is 15.9. The van der Waals surface area contributed by atoms with Crippen LogP contribution in [0.3, 0.4) is 0 Å². The number of aromatic nitrogens is 2. The molecule has 17 heavy (non-hydrogen) atoms. The van der Waals surface area contributed by atoms with E-state index in [2.05, 4.69) is 4.98 Å². The number of aryl methyl sites for hydroxylation is 1. The van der Waals surface area contributed by atoms with Crippen LogP contribution in [0.2, 0.25) is 0 Å². The van der Waals surface area contributed by atoms with Gasteiger partial charge in [0.05, 0.1) is 15.9 Å². The lowest BCUT2D eigenvalue weighted by molar-refractivity contribution is 0.0515. The van der Waals surface area contributed by atoms with Crippen LogP contribution < -0.4 is 0 Å². The van der Waals surface area contributed by atoms with E-state index in [0.717, 1.165) is 0 Å². The van der Waals surface area contributed by atoms with Crippen LogP contribution >= 0.6 is 22.6 Å². The van der Waals surface area contributed by atoms with E-state index >= 15 is 0 Å². The molecule has 0 radical (unpaired) electrons. The third-order valence-electron chi connectivity index (χ3n) is 2.32. The molecule has 0 aromatic carbocycles. The number of carbonyl (C=O) groups is 1. The SMILES string of the molecule is CCOC(=O)c1c(C)nc2ccc(I)c(F)n12. The minimum atomic E-state index is -0.557. The maximum Gasteiger partial charge on any atom is 0.357 e. The third kappa shape index (κ3) is 2.01. The molecular formula is C11H10FIN2O2. The summed E-state index contributed by atoms with van der Waals surface area (Å²) in [5.74, 6) is -1.05. The van der Waals surface area contributed by atoms with Gasteiger partial charge in [-0.05, 0) is 48.6 Å². The Morgan fingerprint density at radius 2 is 2.29 bits per heavy atom. The molecule has 0 unspecified atom stereocenters. The van der Waals surface area contributed by atoms with Crippen molar-refractivity contribution in [1.82, 2.24) is 9.38 Å². The van der Waals surface area contributed by atoms with E-state index in [0.29, 0.717) is 14.9 Å². The molecule has 0 fully saturated rings. The quantitative estimate of drug-likeness (QED) is 0.476. The van der Waals surface area contributed by atoms with Crippen molar-refractivity contribution in [2.75, 3.05) is 6.61 Å². The summed E-state index contributed by atoms with van der Waals surface area (Å²) in [6.07, 6.45) is 0. The highest BCUT2D eigenvalue weighted by Crippen LogP contribution is 2.19. The Labute approximate surface area is 111 Å². The van der Waals surface area contributed by atoms with Crippen LogP contribution in [0.25, 0.3) is 5.65 Å². The lowest BCUT2D eigenvalue weighted by atomic mass is 10.3. The molecular weight excluding hydrogens is 338 g/mol. The van der Waals surface area contributed by atoms with E-state index in [-0.39, 0.29) is 12.3 Å². The molecule has 2 heterocycles. The number of imidazole rings is 1. The van der Waals surface area contributed by atoms with Crippen molar-refractivity contribution >= 4 is 34.2 Å². The van der Waals surface area contributed by atoms with Gasteiger partial charge in [0.25, 0.3) is 0 Å². The van der Waals surface area contributed by atoms with Crippen LogP contribution in [-0.2, 0) is 4.74 Å². The second-order valence-corrected chi connectivity index (χ2v) is 4.59. The summed E-state index contributed by atoms with van der Waals surface area (Å²) in [6.45, 7) is 3.61. The van der Waals surface area contributed by atoms with Crippen molar-refractivity contribution in [1.29, 1.82) is 0 Å². The zero-order chi connectivity index (χ0) is 12.6. The average molecular weight is 348 g/mol. The molecule has 0 saturated carbocycles. The van der Waals surface area contributed by atoms with Crippen molar-refractivity contribution < 1.29 is 13.9 Å². The second kappa shape index (κ2) is 4.59. The van der Waals surface area contributed by atoms with Crippen LogP contribution in [0.1, 0.15) is 23.1 Å². The predicted octanol–water partition coefficient (Wildman–Crippen LogP) is 2.56. The molecule has 4 nitrogen and oxygen atoms in total. The first-order chi connectivity index (χ1) is 8.06. The van der Waals surface area contributed by atoms with Crippen LogP contribution in [0.5, 0.6) is 0 Å². The van der Waals surface area contributed by atoms with Crippen molar-refractivity contribution in [2.24, 2.45) is 0 Å². The number of fused-ring (bicyclic) bond motifs is 1. The lowest BCUT2D eigenvalue weighted by Crippen LogP contribution is -2.11. The van der Waals surface area contributed by atoms with E-state index < -0.39 is 11.9 Å². The summed E-state index contributed by atoms with van der Waals surface area (Å²) >= 11 is 1.87. The Hall–Kier alpha value is -1.18. The first-order valence-electron chi connectivity index (χ1n) is 5.06. The van der Waals surface area contributed by atoms with Crippen LogP contribution in [-0.4, -0.2) is 22.0 Å². The van der Waals surface area contributed by atoms with Gasteiger partial charge in [-0.3, -0.25) is 4.40 Å². The number of pyridine rings is 1. The Balaban J connectivity index is 2.73. The van der Waals surface area contributed by atoms with Gasteiger partial charge in [-0.1, -0.05) is 0 Å². The van der Waals surface area contributed by atoms with Crippen molar-refractivity contribution in [3.8, 4) is 0 Å². The zero-order valence-electron chi connectivity index (χ0n) is 9.33. The highest BCUT2D eigenvalue weighted by molar-refractivity contribution is 14.1. The topological polar surface area (TPSA) is 43.6 Å². The van der Waals surface area contributed by atoms with E-state index in [1.807, 2.05) is 22.6 Å². The zero-order valence-corrected chi connectivity index (χ0v) is 11.5. The number of halogens is 2. The van der Waals surface area contributed by atoms with E-state index in [9.17, 15) is 9.18 Å². The fraction of sp³-hybridized carbons (Fsp3) is 0.273. The van der Waals surface area contributed by atoms with Crippen LogP contribution in [0.4, 0.5) is 4.39 Å². The summed E-state index contributed by atoms with van der Waals surface area (Å²) < 4.78 is 20.5. The van der Waals surface area contributed by atoms with Gasteiger partial charge in [0.15, 0.2) is 5.69 Å². The Bertz CT molecular complexity index is 595. The summed E-state index contributed by atoms with van der Waals surface area (Å²) in [5.41, 5.74) is 1.02.